The summed E-state index contributed by atoms with van der Waals surface area (Å²) in [4.78, 5) is 15.5. The van der Waals surface area contributed by atoms with Gasteiger partial charge >= 0.3 is 0 Å². The average Bonchev–Trinajstić information content (AvgIpc) is 2.36. The first-order valence-electron chi connectivity index (χ1n) is 5.52. The minimum Gasteiger partial charge on any atom is -0.401 e. The maximum absolute atomic E-state index is 11.2. The third-order valence-electron chi connectivity index (χ3n) is 2.22. The zero-order chi connectivity index (χ0) is 13.5. The molecule has 5 nitrogen and oxygen atoms in total. The quantitative estimate of drug-likeness (QED) is 0.696. The smallest absolute Gasteiger partial charge is 0.250 e. The Hall–Kier alpha value is -2.14. The van der Waals surface area contributed by atoms with E-state index in [1.54, 1.807) is 13.8 Å². The SMILES string of the molecule is CC(=Nc1ccccc1)C(NC(=O)CO)=C(C)N. The number of rotatable bonds is 4. The highest BCUT2D eigenvalue weighted by Crippen LogP contribution is 2.12. The van der Waals surface area contributed by atoms with Gasteiger partial charge in [-0.2, -0.15) is 0 Å². The van der Waals surface area contributed by atoms with Crippen molar-refractivity contribution in [3.63, 3.8) is 0 Å². The Morgan fingerprint density at radius 3 is 2.44 bits per heavy atom. The normalized spacial score (nSPS) is 12.9. The van der Waals surface area contributed by atoms with Crippen LogP contribution in [0.4, 0.5) is 5.69 Å². The van der Waals surface area contributed by atoms with Gasteiger partial charge in [0.2, 0.25) is 5.91 Å². The van der Waals surface area contributed by atoms with Gasteiger partial charge < -0.3 is 16.2 Å². The van der Waals surface area contributed by atoms with Crippen LogP contribution in [0.25, 0.3) is 0 Å². The molecule has 0 aliphatic carbocycles. The molecule has 4 N–H and O–H groups in total. The van der Waals surface area contributed by atoms with Crippen LogP contribution in [0, 0.1) is 0 Å². The van der Waals surface area contributed by atoms with E-state index in [1.165, 1.54) is 0 Å². The van der Waals surface area contributed by atoms with Gasteiger partial charge in [0.05, 0.1) is 17.1 Å². The van der Waals surface area contributed by atoms with Crippen molar-refractivity contribution in [1.29, 1.82) is 0 Å². The van der Waals surface area contributed by atoms with E-state index in [1.807, 2.05) is 30.3 Å². The van der Waals surface area contributed by atoms with Crippen LogP contribution in [0.15, 0.2) is 46.7 Å². The molecule has 0 atom stereocenters. The van der Waals surface area contributed by atoms with Crippen molar-refractivity contribution in [1.82, 2.24) is 5.32 Å². The lowest BCUT2D eigenvalue weighted by molar-refractivity contribution is -0.123. The Morgan fingerprint density at radius 2 is 1.94 bits per heavy atom. The third kappa shape index (κ3) is 4.03. The van der Waals surface area contributed by atoms with Crippen LogP contribution < -0.4 is 11.1 Å². The van der Waals surface area contributed by atoms with E-state index in [0.717, 1.165) is 5.69 Å². The molecule has 0 spiro atoms. The average molecular weight is 247 g/mol. The molecule has 1 rings (SSSR count). The van der Waals surface area contributed by atoms with Crippen molar-refractivity contribution in [3.05, 3.63) is 41.7 Å². The monoisotopic (exact) mass is 247 g/mol. The molecule has 1 amide bonds. The summed E-state index contributed by atoms with van der Waals surface area (Å²) < 4.78 is 0. The second-order valence-electron chi connectivity index (χ2n) is 3.80. The number of allylic oxidation sites excluding steroid dienone is 2. The summed E-state index contributed by atoms with van der Waals surface area (Å²) in [5.74, 6) is -0.516. The van der Waals surface area contributed by atoms with Gasteiger partial charge in [-0.15, -0.1) is 0 Å². The number of benzene rings is 1. The fraction of sp³-hybridized carbons (Fsp3) is 0.231. The maximum Gasteiger partial charge on any atom is 0.250 e. The summed E-state index contributed by atoms with van der Waals surface area (Å²) in [7, 11) is 0. The molecule has 5 heteroatoms. The number of para-hydroxylation sites is 1. The van der Waals surface area contributed by atoms with Gasteiger partial charge in [0.1, 0.15) is 6.61 Å². The second-order valence-corrected chi connectivity index (χ2v) is 3.80. The Morgan fingerprint density at radius 1 is 1.33 bits per heavy atom. The highest BCUT2D eigenvalue weighted by molar-refractivity contribution is 6.03. The number of aliphatic imine (C=N–C) groups is 1. The minimum atomic E-state index is -0.588. The molecule has 1 aromatic rings. The molecule has 0 aliphatic rings. The van der Waals surface area contributed by atoms with Crippen molar-refractivity contribution < 1.29 is 9.90 Å². The van der Waals surface area contributed by atoms with Crippen molar-refractivity contribution in [2.45, 2.75) is 13.8 Å². The van der Waals surface area contributed by atoms with Crippen LogP contribution >= 0.6 is 0 Å². The molecule has 0 radical (unpaired) electrons. The molecule has 0 aromatic heterocycles. The zero-order valence-electron chi connectivity index (χ0n) is 10.5. The van der Waals surface area contributed by atoms with Gasteiger partial charge in [-0.3, -0.25) is 9.79 Å². The number of amides is 1. The summed E-state index contributed by atoms with van der Waals surface area (Å²) in [6, 6.07) is 9.34. The molecule has 18 heavy (non-hydrogen) atoms. The third-order valence-corrected chi connectivity index (χ3v) is 2.22. The molecule has 0 saturated heterocycles. The minimum absolute atomic E-state index is 0.429. The van der Waals surface area contributed by atoms with Gasteiger partial charge in [-0.25, -0.2) is 0 Å². The van der Waals surface area contributed by atoms with E-state index in [2.05, 4.69) is 10.3 Å². The predicted octanol–water partition coefficient (Wildman–Crippen LogP) is 1.08. The molecule has 0 unspecified atom stereocenters. The lowest BCUT2D eigenvalue weighted by atomic mass is 10.2. The summed E-state index contributed by atoms with van der Waals surface area (Å²) >= 11 is 0. The number of carbonyl (C=O) groups excluding carboxylic acids is 1. The Labute approximate surface area is 106 Å². The standard InChI is InChI=1S/C13H17N3O2/c1-9(14)13(16-12(18)8-17)10(2)15-11-6-4-3-5-7-11/h3-7,17H,8,14H2,1-2H3,(H,16,18). The fourth-order valence-corrected chi connectivity index (χ4v) is 1.41. The van der Waals surface area contributed by atoms with E-state index in [4.69, 9.17) is 10.8 Å². The summed E-state index contributed by atoms with van der Waals surface area (Å²) in [6.45, 7) is 2.82. The second kappa shape index (κ2) is 6.56. The van der Waals surface area contributed by atoms with Gasteiger partial charge in [-0.1, -0.05) is 18.2 Å². The van der Waals surface area contributed by atoms with E-state index in [-0.39, 0.29) is 0 Å². The Balaban J connectivity index is 2.98. The highest BCUT2D eigenvalue weighted by atomic mass is 16.3. The Kier molecular flexibility index (Phi) is 5.07. The molecule has 0 bridgehead atoms. The molecule has 0 fully saturated rings. The molecular formula is C13H17N3O2. The fourth-order valence-electron chi connectivity index (χ4n) is 1.41. The first-order valence-corrected chi connectivity index (χ1v) is 5.52. The lowest BCUT2D eigenvalue weighted by Crippen LogP contribution is -2.31. The summed E-state index contributed by atoms with van der Waals surface area (Å²) in [5, 5.41) is 11.2. The maximum atomic E-state index is 11.2. The number of hydrogen-bond acceptors (Lipinski definition) is 4. The van der Waals surface area contributed by atoms with Crippen molar-refractivity contribution in [3.8, 4) is 0 Å². The summed E-state index contributed by atoms with van der Waals surface area (Å²) in [6.07, 6.45) is 0. The van der Waals surface area contributed by atoms with Crippen LogP contribution in [0.3, 0.4) is 0 Å². The number of nitrogens with one attached hydrogen (secondary N) is 1. The molecule has 0 saturated carbocycles. The first-order chi connectivity index (χ1) is 8.54. The number of carbonyl (C=O) groups is 1. The van der Waals surface area contributed by atoms with E-state index >= 15 is 0 Å². The number of nitrogens with zero attached hydrogens (tertiary/aromatic N) is 1. The summed E-state index contributed by atoms with van der Waals surface area (Å²) in [5.41, 5.74) is 7.92. The van der Waals surface area contributed by atoms with Gasteiger partial charge in [0.15, 0.2) is 0 Å². The van der Waals surface area contributed by atoms with Crippen LogP contribution in [0.2, 0.25) is 0 Å². The lowest BCUT2D eigenvalue weighted by Gasteiger charge is -2.10. The van der Waals surface area contributed by atoms with Crippen LogP contribution in [0.1, 0.15) is 13.8 Å². The highest BCUT2D eigenvalue weighted by Gasteiger charge is 2.08. The predicted molar refractivity (Wildman–Crippen MR) is 71.3 cm³/mol. The molecular weight excluding hydrogens is 230 g/mol. The number of hydrogen-bond donors (Lipinski definition) is 3. The van der Waals surface area contributed by atoms with E-state index in [0.29, 0.717) is 17.1 Å². The van der Waals surface area contributed by atoms with Crippen LogP contribution in [-0.4, -0.2) is 23.3 Å². The van der Waals surface area contributed by atoms with Crippen LogP contribution in [-0.2, 0) is 4.79 Å². The van der Waals surface area contributed by atoms with E-state index < -0.39 is 12.5 Å². The molecule has 0 aliphatic heterocycles. The largest absolute Gasteiger partial charge is 0.401 e. The van der Waals surface area contributed by atoms with Gasteiger partial charge in [0, 0.05) is 5.70 Å². The zero-order valence-corrected chi connectivity index (χ0v) is 10.5. The molecule has 1 aromatic carbocycles. The topological polar surface area (TPSA) is 87.7 Å². The molecule has 96 valence electrons. The van der Waals surface area contributed by atoms with Gasteiger partial charge in [-0.05, 0) is 26.0 Å². The van der Waals surface area contributed by atoms with Crippen molar-refractivity contribution in [2.24, 2.45) is 10.7 Å². The number of aliphatic hydroxyl groups is 1. The first kappa shape index (κ1) is 13.9. The molecule has 0 heterocycles. The number of nitrogens with two attached hydrogens (primary N) is 1. The van der Waals surface area contributed by atoms with Gasteiger partial charge in [0.25, 0.3) is 0 Å². The Bertz CT molecular complexity index is 474. The number of aliphatic hydroxyl groups excluding tert-OH is 1. The van der Waals surface area contributed by atoms with Crippen molar-refractivity contribution >= 4 is 17.3 Å². The van der Waals surface area contributed by atoms with E-state index in [9.17, 15) is 4.79 Å². The van der Waals surface area contributed by atoms with Crippen LogP contribution in [0.5, 0.6) is 0 Å². The van der Waals surface area contributed by atoms with Crippen molar-refractivity contribution in [2.75, 3.05) is 6.61 Å².